The first-order valence-electron chi connectivity index (χ1n) is 17.2. The van der Waals surface area contributed by atoms with Crippen LogP contribution in [0.3, 0.4) is 0 Å². The maximum Gasteiger partial charge on any atom is 0.338 e. The lowest BCUT2D eigenvalue weighted by atomic mass is 9.44. The molecule has 52 heavy (non-hydrogen) atoms. The fraction of sp³-hybridized carbons (Fsp3) is 0.694. The molecule has 0 aromatic carbocycles. The summed E-state index contributed by atoms with van der Waals surface area (Å²) in [7, 11) is 0. The second kappa shape index (κ2) is 13.5. The van der Waals surface area contributed by atoms with E-state index in [1.165, 1.54) is 46.1 Å². The van der Waals surface area contributed by atoms with Crippen molar-refractivity contribution in [2.75, 3.05) is 6.61 Å². The lowest BCUT2D eigenvalue weighted by Gasteiger charge is -2.67. The fourth-order valence-electron chi connectivity index (χ4n) is 8.69. The Hall–Kier alpha value is -3.28. The van der Waals surface area contributed by atoms with Crippen LogP contribution in [0.15, 0.2) is 34.0 Å². The van der Waals surface area contributed by atoms with Crippen molar-refractivity contribution < 1.29 is 67.8 Å². The van der Waals surface area contributed by atoms with Crippen molar-refractivity contribution in [3.63, 3.8) is 0 Å². The molecule has 0 spiro atoms. The molecule has 16 heteroatoms. The lowest BCUT2D eigenvalue weighted by Crippen LogP contribution is -2.81. The number of ketones is 1. The summed E-state index contributed by atoms with van der Waals surface area (Å²) >= 11 is 0.930. The number of amides is 1. The van der Waals surface area contributed by atoms with Gasteiger partial charge in [-0.25, -0.2) is 4.79 Å². The van der Waals surface area contributed by atoms with Gasteiger partial charge in [-0.05, 0) is 37.1 Å². The van der Waals surface area contributed by atoms with Crippen LogP contribution in [0.4, 0.5) is 4.79 Å². The Kier molecular flexibility index (Phi) is 10.4. The predicted molar refractivity (Wildman–Crippen MR) is 182 cm³/mol. The molecule has 15 nitrogen and oxygen atoms in total. The molecule has 2 saturated carbocycles. The molecule has 288 valence electrons. The summed E-state index contributed by atoms with van der Waals surface area (Å²) in [6.07, 6.45) is -8.95. The average Bonchev–Trinajstić information content (AvgIpc) is 3.55. The van der Waals surface area contributed by atoms with E-state index in [0.29, 0.717) is 0 Å². The van der Waals surface area contributed by atoms with Crippen LogP contribution >= 0.6 is 11.8 Å². The molecule has 1 saturated heterocycles. The van der Waals surface area contributed by atoms with Gasteiger partial charge < -0.3 is 49.1 Å². The maximum absolute atomic E-state index is 14.9. The number of nitrogens with one attached hydrogen (secondary N) is 1. The van der Waals surface area contributed by atoms with E-state index in [1.54, 1.807) is 0 Å². The molecule has 1 aliphatic heterocycles. The second-order valence-electron chi connectivity index (χ2n) is 16.0. The number of aliphatic hydroxyl groups is 4. The number of hydrogen-bond acceptors (Lipinski definition) is 15. The summed E-state index contributed by atoms with van der Waals surface area (Å²) in [4.78, 5) is 66.8. The minimum Gasteiger partial charge on any atom is -0.467 e. The zero-order valence-corrected chi connectivity index (χ0v) is 31.6. The summed E-state index contributed by atoms with van der Waals surface area (Å²) < 4.78 is 28.0. The van der Waals surface area contributed by atoms with E-state index in [4.69, 9.17) is 23.4 Å². The van der Waals surface area contributed by atoms with Crippen molar-refractivity contribution in [3.8, 4) is 0 Å². The van der Waals surface area contributed by atoms with Gasteiger partial charge in [-0.2, -0.15) is 0 Å². The van der Waals surface area contributed by atoms with Crippen molar-refractivity contribution >= 4 is 40.7 Å². The Balaban J connectivity index is 1.62. The van der Waals surface area contributed by atoms with E-state index in [1.807, 2.05) is 20.8 Å². The third kappa shape index (κ3) is 6.38. The molecule has 4 aliphatic rings. The number of furan rings is 1. The van der Waals surface area contributed by atoms with Crippen molar-refractivity contribution in [2.45, 2.75) is 134 Å². The second-order valence-corrected chi connectivity index (χ2v) is 17.8. The summed E-state index contributed by atoms with van der Waals surface area (Å²) in [5.41, 5.74) is -7.31. The topological polar surface area (TPSA) is 228 Å². The number of thioether (sulfide) groups is 1. The molecule has 0 radical (unpaired) electrons. The smallest absolute Gasteiger partial charge is 0.338 e. The van der Waals surface area contributed by atoms with Crippen molar-refractivity contribution in [2.24, 2.45) is 16.7 Å². The molecule has 3 fully saturated rings. The van der Waals surface area contributed by atoms with Gasteiger partial charge in [-0.1, -0.05) is 46.4 Å². The van der Waals surface area contributed by atoms with Gasteiger partial charge in [0.25, 0.3) is 5.24 Å². The van der Waals surface area contributed by atoms with Crippen LogP contribution in [-0.4, -0.2) is 109 Å². The standard InChI is InChI=1S/C36H49NO14S/c1-16-20(50-30(44)25(41)24(19-11-10-12-47-19)37-31(45)52-32(4,5)6)14-36(46)29(43)27-34(9,21(40)13-22-35(27,15-48-22)51-18(3)39)28(42)26(49-17(2)38)23(16)33(36,7)8/h10-12,20-22,24-27,29,40-41,43,46H,13-15H2,1-9H3,(H,37,45)/t20-,21-,22+,24-,25+,26+,27-,29-,34+,35-,36+/m0/s1. The molecule has 0 unspecified atom stereocenters. The van der Waals surface area contributed by atoms with Crippen LogP contribution in [-0.2, 0) is 38.1 Å². The number of esters is 3. The summed E-state index contributed by atoms with van der Waals surface area (Å²) in [6.45, 7) is 13.4. The van der Waals surface area contributed by atoms with Crippen LogP contribution in [0, 0.1) is 16.7 Å². The molecule has 2 heterocycles. The molecule has 1 aromatic rings. The zero-order valence-electron chi connectivity index (χ0n) is 30.8. The number of carbonyl (C=O) groups is 5. The van der Waals surface area contributed by atoms with Crippen LogP contribution in [0.2, 0.25) is 0 Å². The highest BCUT2D eigenvalue weighted by Crippen LogP contribution is 2.63. The lowest BCUT2D eigenvalue weighted by molar-refractivity contribution is -0.346. The molecule has 1 aromatic heterocycles. The molecule has 5 rings (SSSR count). The van der Waals surface area contributed by atoms with E-state index < -0.39 is 111 Å². The largest absolute Gasteiger partial charge is 0.467 e. The Bertz CT molecular complexity index is 1650. The molecule has 5 N–H and O–H groups in total. The number of Topliss-reactive ketones (excluding diaryl/α,β-unsaturated/α-hetero) is 1. The van der Waals surface area contributed by atoms with Gasteiger partial charge in [0.1, 0.15) is 29.6 Å². The van der Waals surface area contributed by atoms with E-state index in [0.717, 1.165) is 25.6 Å². The van der Waals surface area contributed by atoms with Gasteiger partial charge in [-0.3, -0.25) is 19.2 Å². The Morgan fingerprint density at radius 3 is 2.25 bits per heavy atom. The van der Waals surface area contributed by atoms with Crippen molar-refractivity contribution in [3.05, 3.63) is 35.3 Å². The van der Waals surface area contributed by atoms with Gasteiger partial charge >= 0.3 is 17.9 Å². The molecule has 1 amide bonds. The summed E-state index contributed by atoms with van der Waals surface area (Å²) in [5, 5.41) is 50.3. The number of aliphatic hydroxyl groups excluding tert-OH is 3. The first-order valence-corrected chi connectivity index (χ1v) is 18.0. The normalized spacial score (nSPS) is 36.4. The Morgan fingerprint density at radius 1 is 1.08 bits per heavy atom. The van der Waals surface area contributed by atoms with Crippen molar-refractivity contribution in [1.29, 1.82) is 0 Å². The number of fused-ring (bicyclic) bond motifs is 5. The van der Waals surface area contributed by atoms with Gasteiger partial charge in [0.15, 0.2) is 23.6 Å². The SMILES string of the molecule is CC(=O)O[C@H]1C(=O)[C@@]2(C)[C@H]([C@H](O)[C@]3(O)C[C@H](OC(=O)[C@H](O)[C@@H](NC(=O)SC(C)(C)C)c4ccco4)C(C)=C1C3(C)C)[C@]1(OC(C)=O)CO[C@@H]1C[C@@H]2O. The maximum atomic E-state index is 14.9. The number of rotatable bonds is 7. The summed E-state index contributed by atoms with van der Waals surface area (Å²) in [5.74, 6) is -5.14. The molecule has 3 aliphatic carbocycles. The van der Waals surface area contributed by atoms with E-state index in [-0.39, 0.29) is 29.9 Å². The van der Waals surface area contributed by atoms with Gasteiger partial charge in [-0.15, -0.1) is 0 Å². The third-order valence-corrected chi connectivity index (χ3v) is 12.2. The molecular formula is C36H49NO14S. The minimum absolute atomic E-state index is 0.0191. The van der Waals surface area contributed by atoms with E-state index in [2.05, 4.69) is 5.32 Å². The quantitative estimate of drug-likeness (QED) is 0.153. The van der Waals surface area contributed by atoms with E-state index >= 15 is 0 Å². The number of carbonyl (C=O) groups excluding carboxylic acids is 5. The highest BCUT2D eigenvalue weighted by Gasteiger charge is 2.77. The van der Waals surface area contributed by atoms with Crippen molar-refractivity contribution in [1.82, 2.24) is 5.32 Å². The zero-order chi connectivity index (χ0) is 38.9. The monoisotopic (exact) mass is 751 g/mol. The Morgan fingerprint density at radius 2 is 1.73 bits per heavy atom. The predicted octanol–water partition coefficient (Wildman–Crippen LogP) is 2.28. The van der Waals surface area contributed by atoms with Gasteiger partial charge in [0.05, 0.1) is 30.5 Å². The number of hydrogen-bond donors (Lipinski definition) is 5. The summed E-state index contributed by atoms with van der Waals surface area (Å²) in [6, 6.07) is 1.57. The molecule has 11 atom stereocenters. The average molecular weight is 752 g/mol. The third-order valence-electron chi connectivity index (χ3n) is 11.3. The van der Waals surface area contributed by atoms with Crippen LogP contribution < -0.4 is 5.32 Å². The number of ether oxygens (including phenoxy) is 4. The first kappa shape index (κ1) is 39.9. The van der Waals surface area contributed by atoms with Gasteiger partial charge in [0, 0.05) is 42.8 Å². The minimum atomic E-state index is -2.31. The Labute approximate surface area is 305 Å². The highest BCUT2D eigenvalue weighted by molar-refractivity contribution is 8.14. The molecule has 2 bridgehead atoms. The fourth-order valence-corrected chi connectivity index (χ4v) is 9.43. The first-order chi connectivity index (χ1) is 23.9. The van der Waals surface area contributed by atoms with E-state index in [9.17, 15) is 44.4 Å². The highest BCUT2D eigenvalue weighted by atomic mass is 32.2. The van der Waals surface area contributed by atoms with Crippen LogP contribution in [0.1, 0.15) is 87.0 Å². The van der Waals surface area contributed by atoms with Gasteiger partial charge in [0.2, 0.25) is 0 Å². The van der Waals surface area contributed by atoms with Crippen LogP contribution in [0.25, 0.3) is 0 Å². The van der Waals surface area contributed by atoms with Crippen LogP contribution in [0.5, 0.6) is 0 Å². The molecular weight excluding hydrogens is 702 g/mol.